The first-order valence-electron chi connectivity index (χ1n) is 14.1. The molecular weight excluding hydrogens is 549 g/mol. The monoisotopic (exact) mass is 587 g/mol. The number of piperidine rings is 2. The van der Waals surface area contributed by atoms with Crippen LogP contribution < -0.4 is 16.4 Å². The van der Waals surface area contributed by atoms with Gasteiger partial charge in [0.15, 0.2) is 0 Å². The Balaban J connectivity index is 1.58. The zero-order valence-corrected chi connectivity index (χ0v) is 24.5. The second-order valence-corrected chi connectivity index (χ2v) is 11.8. The van der Waals surface area contributed by atoms with Crippen LogP contribution in [0.2, 0.25) is 10.0 Å². The van der Waals surface area contributed by atoms with Crippen molar-refractivity contribution in [3.63, 3.8) is 0 Å². The number of carbonyl (C=O) groups is 3. The van der Waals surface area contributed by atoms with E-state index in [1.807, 2.05) is 43.3 Å². The SMILES string of the molecule is CCNC(=O)[C@]1(Cc2ccccc2)CCCN(C(=O)C(Cc2ccc(Cl)c(Cl)c2)NC(=O)N2CCC(N)CC2)C1. The van der Waals surface area contributed by atoms with Crippen LogP contribution in [0.25, 0.3) is 0 Å². The molecule has 2 aliphatic rings. The van der Waals surface area contributed by atoms with Gasteiger partial charge in [-0.3, -0.25) is 9.59 Å². The number of hydrogen-bond donors (Lipinski definition) is 3. The Hall–Kier alpha value is -2.81. The van der Waals surface area contributed by atoms with E-state index in [1.165, 1.54) is 0 Å². The average molecular weight is 589 g/mol. The largest absolute Gasteiger partial charge is 0.356 e. The van der Waals surface area contributed by atoms with Crippen molar-refractivity contribution < 1.29 is 14.4 Å². The van der Waals surface area contributed by atoms with Gasteiger partial charge in [0, 0.05) is 45.2 Å². The van der Waals surface area contributed by atoms with Crippen molar-refractivity contribution in [2.24, 2.45) is 11.1 Å². The molecule has 0 spiro atoms. The van der Waals surface area contributed by atoms with Crippen LogP contribution in [0.15, 0.2) is 48.5 Å². The first-order chi connectivity index (χ1) is 19.2. The fourth-order valence-corrected chi connectivity index (χ4v) is 6.05. The van der Waals surface area contributed by atoms with E-state index in [0.29, 0.717) is 55.5 Å². The predicted octanol–water partition coefficient (Wildman–Crippen LogP) is 4.02. The van der Waals surface area contributed by atoms with Crippen molar-refractivity contribution in [2.45, 2.75) is 57.5 Å². The number of nitrogens with two attached hydrogens (primary N) is 1. The smallest absolute Gasteiger partial charge is 0.318 e. The molecule has 2 aromatic rings. The molecule has 216 valence electrons. The molecule has 0 radical (unpaired) electrons. The van der Waals surface area contributed by atoms with Gasteiger partial charge in [0.05, 0.1) is 15.5 Å². The summed E-state index contributed by atoms with van der Waals surface area (Å²) < 4.78 is 0. The lowest BCUT2D eigenvalue weighted by Gasteiger charge is -2.43. The van der Waals surface area contributed by atoms with E-state index in [9.17, 15) is 14.4 Å². The molecule has 4 rings (SSSR count). The van der Waals surface area contributed by atoms with Gasteiger partial charge in [0.1, 0.15) is 6.04 Å². The minimum Gasteiger partial charge on any atom is -0.356 e. The molecule has 8 nitrogen and oxygen atoms in total. The van der Waals surface area contributed by atoms with Crippen molar-refractivity contribution in [3.8, 4) is 0 Å². The summed E-state index contributed by atoms with van der Waals surface area (Å²) in [6.45, 7) is 4.29. The van der Waals surface area contributed by atoms with Crippen LogP contribution >= 0.6 is 23.2 Å². The number of benzene rings is 2. The van der Waals surface area contributed by atoms with Gasteiger partial charge < -0.3 is 26.2 Å². The highest BCUT2D eigenvalue weighted by molar-refractivity contribution is 6.42. The van der Waals surface area contributed by atoms with Gasteiger partial charge in [-0.2, -0.15) is 0 Å². The maximum Gasteiger partial charge on any atom is 0.318 e. The Morgan fingerprint density at radius 2 is 1.73 bits per heavy atom. The second-order valence-electron chi connectivity index (χ2n) is 10.9. The molecule has 2 heterocycles. The highest BCUT2D eigenvalue weighted by Gasteiger charge is 2.44. The summed E-state index contributed by atoms with van der Waals surface area (Å²) in [5.74, 6) is -0.263. The van der Waals surface area contributed by atoms with E-state index < -0.39 is 11.5 Å². The molecule has 10 heteroatoms. The van der Waals surface area contributed by atoms with E-state index in [1.54, 1.807) is 21.9 Å². The highest BCUT2D eigenvalue weighted by atomic mass is 35.5. The first kappa shape index (κ1) is 30.2. The van der Waals surface area contributed by atoms with E-state index in [2.05, 4.69) is 10.6 Å². The minimum atomic E-state index is -0.831. The molecule has 0 saturated carbocycles. The van der Waals surface area contributed by atoms with Crippen LogP contribution in [-0.2, 0) is 22.4 Å². The van der Waals surface area contributed by atoms with Crippen molar-refractivity contribution in [3.05, 3.63) is 69.7 Å². The molecule has 1 unspecified atom stereocenters. The van der Waals surface area contributed by atoms with Crippen molar-refractivity contribution in [1.29, 1.82) is 0 Å². The summed E-state index contributed by atoms with van der Waals surface area (Å²) in [7, 11) is 0. The lowest BCUT2D eigenvalue weighted by atomic mass is 9.74. The third-order valence-electron chi connectivity index (χ3n) is 7.94. The zero-order chi connectivity index (χ0) is 28.7. The Morgan fingerprint density at radius 1 is 1.00 bits per heavy atom. The standard InChI is InChI=1S/C30H39Cl2N5O3/c1-2-34-28(39)30(19-21-7-4-3-5-8-21)13-6-14-37(20-30)27(38)26(18-22-9-10-24(31)25(32)17-22)35-29(40)36-15-11-23(33)12-16-36/h3-5,7-10,17,23,26H,2,6,11-16,18-20,33H2,1H3,(H,34,39)(H,35,40)/t26?,30-/m0/s1. The third kappa shape index (κ3) is 7.47. The number of likely N-dealkylation sites (tertiary alicyclic amines) is 2. The zero-order valence-electron chi connectivity index (χ0n) is 23.0. The molecule has 2 atom stereocenters. The maximum absolute atomic E-state index is 14.1. The van der Waals surface area contributed by atoms with E-state index in [-0.39, 0.29) is 36.9 Å². The Labute approximate surface area is 246 Å². The van der Waals surface area contributed by atoms with Gasteiger partial charge in [-0.25, -0.2) is 4.79 Å². The summed E-state index contributed by atoms with van der Waals surface area (Å²) in [6.07, 6.45) is 3.58. The van der Waals surface area contributed by atoms with Gasteiger partial charge in [-0.15, -0.1) is 0 Å². The van der Waals surface area contributed by atoms with Gasteiger partial charge in [0.25, 0.3) is 0 Å². The normalized spacial score (nSPS) is 20.6. The number of hydrogen-bond acceptors (Lipinski definition) is 4. The summed E-state index contributed by atoms with van der Waals surface area (Å²) in [5, 5.41) is 6.80. The molecule has 2 fully saturated rings. The maximum atomic E-state index is 14.1. The van der Waals surface area contributed by atoms with E-state index >= 15 is 0 Å². The molecule has 2 aromatic carbocycles. The number of urea groups is 1. The second kappa shape index (κ2) is 13.7. The number of halogens is 2. The molecule has 4 amide bonds. The molecule has 2 aliphatic heterocycles. The number of nitrogens with one attached hydrogen (secondary N) is 2. The van der Waals surface area contributed by atoms with E-state index in [4.69, 9.17) is 28.9 Å². The predicted molar refractivity (Wildman–Crippen MR) is 158 cm³/mol. The topological polar surface area (TPSA) is 108 Å². The lowest BCUT2D eigenvalue weighted by molar-refractivity contribution is -0.142. The van der Waals surface area contributed by atoms with Crippen molar-refractivity contribution >= 4 is 41.0 Å². The van der Waals surface area contributed by atoms with Gasteiger partial charge in [-0.1, -0.05) is 59.6 Å². The van der Waals surface area contributed by atoms with Crippen LogP contribution in [0.1, 0.15) is 43.7 Å². The fraction of sp³-hybridized carbons (Fsp3) is 0.500. The molecular formula is C30H39Cl2N5O3. The van der Waals surface area contributed by atoms with Crippen molar-refractivity contribution in [1.82, 2.24) is 20.4 Å². The van der Waals surface area contributed by atoms with Gasteiger partial charge in [0.2, 0.25) is 11.8 Å². The quantitative estimate of drug-likeness (QED) is 0.433. The lowest BCUT2D eigenvalue weighted by Crippen LogP contribution is -2.59. The number of nitrogens with zero attached hydrogens (tertiary/aromatic N) is 2. The number of rotatable bonds is 8. The Bertz CT molecular complexity index is 1190. The molecule has 2 saturated heterocycles. The molecule has 4 N–H and O–H groups in total. The fourth-order valence-electron chi connectivity index (χ4n) is 5.73. The van der Waals surface area contributed by atoms with Crippen molar-refractivity contribution in [2.75, 3.05) is 32.7 Å². The summed E-state index contributed by atoms with van der Waals surface area (Å²) >= 11 is 12.4. The Kier molecular flexibility index (Phi) is 10.3. The molecule has 0 aliphatic carbocycles. The highest BCUT2D eigenvalue weighted by Crippen LogP contribution is 2.35. The Morgan fingerprint density at radius 3 is 2.40 bits per heavy atom. The number of amides is 4. The summed E-state index contributed by atoms with van der Waals surface area (Å²) in [5.41, 5.74) is 7.10. The van der Waals surface area contributed by atoms with Gasteiger partial charge in [-0.05, 0) is 62.3 Å². The van der Waals surface area contributed by atoms with E-state index in [0.717, 1.165) is 24.0 Å². The van der Waals surface area contributed by atoms with Crippen LogP contribution in [-0.4, -0.2) is 72.5 Å². The van der Waals surface area contributed by atoms with Crippen LogP contribution in [0.5, 0.6) is 0 Å². The minimum absolute atomic E-state index is 0.0499. The third-order valence-corrected chi connectivity index (χ3v) is 8.68. The van der Waals surface area contributed by atoms with Gasteiger partial charge >= 0.3 is 6.03 Å². The first-order valence-corrected chi connectivity index (χ1v) is 14.8. The molecule has 0 bridgehead atoms. The summed E-state index contributed by atoms with van der Waals surface area (Å²) in [6, 6.07) is 14.1. The molecule has 0 aromatic heterocycles. The van der Waals surface area contributed by atoms with Crippen LogP contribution in [0.3, 0.4) is 0 Å². The van der Waals surface area contributed by atoms with Crippen LogP contribution in [0.4, 0.5) is 4.79 Å². The molecule has 40 heavy (non-hydrogen) atoms. The number of carbonyl (C=O) groups excluding carboxylic acids is 3. The van der Waals surface area contributed by atoms with Crippen LogP contribution in [0, 0.1) is 5.41 Å². The summed E-state index contributed by atoms with van der Waals surface area (Å²) in [4.78, 5) is 44.3. The average Bonchev–Trinajstić information content (AvgIpc) is 2.95.